The molecular formula is C19H20ClN3O. The predicted molar refractivity (Wildman–Crippen MR) is 94.9 cm³/mol. The standard InChI is InChI=1S/C19H20ClN3O/c20-15-6-4-14(5-7-15)18-9-8-17(24-18)13-21-11-16-12-22-19-3-1-2-10-23(16)19/h4-9,12,21H,1-3,10-11,13H2. The molecule has 0 fully saturated rings. The van der Waals surface area contributed by atoms with Crippen molar-refractivity contribution in [1.82, 2.24) is 14.9 Å². The van der Waals surface area contributed by atoms with E-state index in [4.69, 9.17) is 16.0 Å². The fourth-order valence-corrected chi connectivity index (χ4v) is 3.30. The zero-order valence-corrected chi connectivity index (χ0v) is 14.2. The van der Waals surface area contributed by atoms with Crippen LogP contribution in [0.3, 0.4) is 0 Å². The highest BCUT2D eigenvalue weighted by atomic mass is 35.5. The van der Waals surface area contributed by atoms with Gasteiger partial charge in [0, 0.05) is 36.3 Å². The largest absolute Gasteiger partial charge is 0.460 e. The fraction of sp³-hybridized carbons (Fsp3) is 0.316. The fourth-order valence-electron chi connectivity index (χ4n) is 3.18. The SMILES string of the molecule is Clc1ccc(-c2ccc(CNCc3cnc4n3CCCC4)o2)cc1. The molecule has 124 valence electrons. The maximum atomic E-state index is 5.92. The molecule has 2 aromatic heterocycles. The zero-order chi connectivity index (χ0) is 16.4. The van der Waals surface area contributed by atoms with Gasteiger partial charge in [-0.3, -0.25) is 0 Å². The molecule has 0 saturated carbocycles. The summed E-state index contributed by atoms with van der Waals surface area (Å²) in [5, 5.41) is 4.19. The number of imidazole rings is 1. The Morgan fingerprint density at radius 3 is 2.83 bits per heavy atom. The van der Waals surface area contributed by atoms with Crippen LogP contribution < -0.4 is 5.32 Å². The van der Waals surface area contributed by atoms with Crippen LogP contribution in [0.25, 0.3) is 11.3 Å². The van der Waals surface area contributed by atoms with E-state index in [1.807, 2.05) is 42.6 Å². The van der Waals surface area contributed by atoms with Gasteiger partial charge in [-0.05, 0) is 49.2 Å². The lowest BCUT2D eigenvalue weighted by Gasteiger charge is -2.16. The van der Waals surface area contributed by atoms with Crippen molar-refractivity contribution in [2.24, 2.45) is 0 Å². The molecule has 4 nitrogen and oxygen atoms in total. The minimum absolute atomic E-state index is 0.702. The van der Waals surface area contributed by atoms with Gasteiger partial charge in [-0.1, -0.05) is 11.6 Å². The van der Waals surface area contributed by atoms with Crippen LogP contribution in [0.1, 0.15) is 30.1 Å². The molecule has 0 spiro atoms. The molecule has 1 N–H and O–H groups in total. The summed E-state index contributed by atoms with van der Waals surface area (Å²) in [6, 6.07) is 11.7. The van der Waals surface area contributed by atoms with Gasteiger partial charge < -0.3 is 14.3 Å². The number of aryl methyl sites for hydroxylation is 1. The van der Waals surface area contributed by atoms with Gasteiger partial charge >= 0.3 is 0 Å². The van der Waals surface area contributed by atoms with Crippen LogP contribution in [0, 0.1) is 0 Å². The summed E-state index contributed by atoms with van der Waals surface area (Å²) in [7, 11) is 0. The Bertz CT molecular complexity index is 820. The van der Waals surface area contributed by atoms with Crippen molar-refractivity contribution in [1.29, 1.82) is 0 Å². The van der Waals surface area contributed by atoms with Gasteiger partial charge in [0.15, 0.2) is 0 Å². The van der Waals surface area contributed by atoms with Crippen LogP contribution in [0.4, 0.5) is 0 Å². The van der Waals surface area contributed by atoms with E-state index in [2.05, 4.69) is 14.9 Å². The highest BCUT2D eigenvalue weighted by Crippen LogP contribution is 2.24. The Kier molecular flexibility index (Phi) is 4.41. The van der Waals surface area contributed by atoms with Crippen LogP contribution in [0.15, 0.2) is 47.0 Å². The smallest absolute Gasteiger partial charge is 0.134 e. The van der Waals surface area contributed by atoms with E-state index in [1.54, 1.807) is 0 Å². The Hall–Kier alpha value is -2.04. The molecule has 1 aromatic carbocycles. The lowest BCUT2D eigenvalue weighted by atomic mass is 10.1. The Morgan fingerprint density at radius 2 is 1.96 bits per heavy atom. The molecule has 1 aliphatic rings. The highest BCUT2D eigenvalue weighted by Gasteiger charge is 2.13. The predicted octanol–water partition coefficient (Wildman–Crippen LogP) is 4.42. The molecule has 1 aliphatic heterocycles. The number of aromatic nitrogens is 2. The number of nitrogens with one attached hydrogen (secondary N) is 1. The summed E-state index contributed by atoms with van der Waals surface area (Å²) in [4.78, 5) is 4.52. The first kappa shape index (κ1) is 15.5. The molecule has 0 atom stereocenters. The lowest BCUT2D eigenvalue weighted by molar-refractivity contribution is 0.475. The molecule has 24 heavy (non-hydrogen) atoms. The molecule has 0 saturated heterocycles. The molecule has 3 heterocycles. The second kappa shape index (κ2) is 6.83. The van der Waals surface area contributed by atoms with Gasteiger partial charge in [0.25, 0.3) is 0 Å². The number of fused-ring (bicyclic) bond motifs is 1. The molecular weight excluding hydrogens is 322 g/mol. The van der Waals surface area contributed by atoms with E-state index in [-0.39, 0.29) is 0 Å². The second-order valence-corrected chi connectivity index (χ2v) is 6.59. The maximum Gasteiger partial charge on any atom is 0.134 e. The number of hydrogen-bond donors (Lipinski definition) is 1. The van der Waals surface area contributed by atoms with Crippen LogP contribution in [-0.4, -0.2) is 9.55 Å². The maximum absolute atomic E-state index is 5.92. The number of benzene rings is 1. The first-order valence-electron chi connectivity index (χ1n) is 8.38. The van der Waals surface area contributed by atoms with Gasteiger partial charge in [-0.15, -0.1) is 0 Å². The van der Waals surface area contributed by atoms with Crippen molar-refractivity contribution < 1.29 is 4.42 Å². The summed E-state index contributed by atoms with van der Waals surface area (Å²) in [6.45, 7) is 2.60. The normalized spacial score (nSPS) is 13.9. The minimum Gasteiger partial charge on any atom is -0.460 e. The monoisotopic (exact) mass is 341 g/mol. The summed E-state index contributed by atoms with van der Waals surface area (Å²) >= 11 is 5.92. The molecule has 0 radical (unpaired) electrons. The van der Waals surface area contributed by atoms with E-state index < -0.39 is 0 Å². The molecule has 0 bridgehead atoms. The molecule has 3 aromatic rings. The number of rotatable bonds is 5. The first-order valence-corrected chi connectivity index (χ1v) is 8.76. The summed E-state index contributed by atoms with van der Waals surface area (Å²) in [6.07, 6.45) is 5.60. The summed E-state index contributed by atoms with van der Waals surface area (Å²) in [5.74, 6) is 3.02. The molecule has 0 aliphatic carbocycles. The zero-order valence-electron chi connectivity index (χ0n) is 13.5. The van der Waals surface area contributed by atoms with Gasteiger partial charge in [0.05, 0.1) is 12.2 Å². The number of halogens is 1. The van der Waals surface area contributed by atoms with Gasteiger partial charge in [-0.2, -0.15) is 0 Å². The number of hydrogen-bond acceptors (Lipinski definition) is 3. The quantitative estimate of drug-likeness (QED) is 0.747. The van der Waals surface area contributed by atoms with E-state index >= 15 is 0 Å². The third kappa shape index (κ3) is 3.25. The average molecular weight is 342 g/mol. The Morgan fingerprint density at radius 1 is 1.08 bits per heavy atom. The van der Waals surface area contributed by atoms with Crippen molar-refractivity contribution in [3.05, 3.63) is 64.9 Å². The van der Waals surface area contributed by atoms with Gasteiger partial charge in [0.2, 0.25) is 0 Å². The lowest BCUT2D eigenvalue weighted by Crippen LogP contribution is -2.18. The van der Waals surface area contributed by atoms with E-state index in [0.717, 1.165) is 41.6 Å². The molecule has 5 heteroatoms. The average Bonchev–Trinajstić information content (AvgIpc) is 3.23. The third-order valence-corrected chi connectivity index (χ3v) is 4.70. The topological polar surface area (TPSA) is 43.0 Å². The van der Waals surface area contributed by atoms with Crippen molar-refractivity contribution in [3.63, 3.8) is 0 Å². The molecule has 0 unspecified atom stereocenters. The third-order valence-electron chi connectivity index (χ3n) is 4.45. The van der Waals surface area contributed by atoms with Crippen LogP contribution in [-0.2, 0) is 26.1 Å². The van der Waals surface area contributed by atoms with Gasteiger partial charge in [0.1, 0.15) is 17.3 Å². The number of nitrogens with zero attached hydrogens (tertiary/aromatic N) is 2. The van der Waals surface area contributed by atoms with E-state index in [1.165, 1.54) is 24.4 Å². The summed E-state index contributed by atoms with van der Waals surface area (Å²) in [5.41, 5.74) is 2.30. The Balaban J connectivity index is 1.37. The number of furan rings is 1. The van der Waals surface area contributed by atoms with Crippen molar-refractivity contribution in [2.45, 2.75) is 38.9 Å². The molecule has 4 rings (SSSR count). The van der Waals surface area contributed by atoms with E-state index in [9.17, 15) is 0 Å². The summed E-state index contributed by atoms with van der Waals surface area (Å²) < 4.78 is 8.26. The van der Waals surface area contributed by atoms with Gasteiger partial charge in [-0.25, -0.2) is 4.98 Å². The van der Waals surface area contributed by atoms with Crippen LogP contribution >= 0.6 is 11.6 Å². The second-order valence-electron chi connectivity index (χ2n) is 6.15. The van der Waals surface area contributed by atoms with Crippen LogP contribution in [0.5, 0.6) is 0 Å². The minimum atomic E-state index is 0.702. The van der Waals surface area contributed by atoms with Crippen molar-refractivity contribution in [2.75, 3.05) is 0 Å². The van der Waals surface area contributed by atoms with Crippen LogP contribution in [0.2, 0.25) is 5.02 Å². The Labute approximate surface area is 146 Å². The highest BCUT2D eigenvalue weighted by molar-refractivity contribution is 6.30. The van der Waals surface area contributed by atoms with Crippen molar-refractivity contribution in [3.8, 4) is 11.3 Å². The first-order chi connectivity index (χ1) is 11.8. The van der Waals surface area contributed by atoms with Crippen molar-refractivity contribution >= 4 is 11.6 Å². The van der Waals surface area contributed by atoms with E-state index in [0.29, 0.717) is 6.54 Å². The molecule has 0 amide bonds.